The molecule has 2 fully saturated rings. The Hall–Kier alpha value is -0.400. The second-order valence-electron chi connectivity index (χ2n) is 8.54. The van der Waals surface area contributed by atoms with Crippen LogP contribution in [0.4, 0.5) is 0 Å². The largest absolute Gasteiger partial charge is 0.303 e. The zero-order chi connectivity index (χ0) is 19.7. The Labute approximate surface area is 158 Å². The molecule has 2 saturated carbocycles. The summed E-state index contributed by atoms with van der Waals surface area (Å²) in [7, 11) is -2.24. The molecule has 0 spiro atoms. The normalized spacial score (nSPS) is 20.9. The second-order valence-corrected chi connectivity index (χ2v) is 12.3. The lowest BCUT2D eigenvalue weighted by Crippen LogP contribution is -2.27. The molecule has 0 aromatic rings. The van der Waals surface area contributed by atoms with Crippen LogP contribution in [0.15, 0.2) is 4.40 Å². The van der Waals surface area contributed by atoms with Crippen molar-refractivity contribution in [3.05, 3.63) is 0 Å². The van der Waals surface area contributed by atoms with E-state index in [1.165, 1.54) is 25.7 Å². The van der Waals surface area contributed by atoms with Crippen LogP contribution in [0.5, 0.6) is 0 Å². The monoisotopic (exact) mass is 392 g/mol. The van der Waals surface area contributed by atoms with Crippen LogP contribution in [0.1, 0.15) is 80.1 Å². The maximum absolute atomic E-state index is 11.4. The molecule has 0 radical (unpaired) electrons. The molecule has 2 N–H and O–H groups in total. The molecule has 0 aromatic carbocycles. The molecule has 2 rings (SSSR count). The van der Waals surface area contributed by atoms with E-state index in [1.807, 2.05) is 47.8 Å². The molecular weight excluding hydrogens is 356 g/mol. The van der Waals surface area contributed by atoms with Crippen molar-refractivity contribution in [2.75, 3.05) is 0 Å². The average molecular weight is 393 g/mol. The van der Waals surface area contributed by atoms with Gasteiger partial charge < -0.3 is 4.79 Å². The number of carbonyl (C=O) groups is 1. The summed E-state index contributed by atoms with van der Waals surface area (Å²) < 4.78 is 25.4. The summed E-state index contributed by atoms with van der Waals surface area (Å²) in [6.07, 6.45) is 10.2. The first-order chi connectivity index (χ1) is 11.4. The number of carbonyl (C=O) groups excluding carboxylic acids is 1. The van der Waals surface area contributed by atoms with Crippen molar-refractivity contribution in [2.24, 2.45) is 21.4 Å². The summed E-state index contributed by atoms with van der Waals surface area (Å²) in [6.45, 7) is 11.3. The van der Waals surface area contributed by atoms with E-state index in [-0.39, 0.29) is 9.49 Å². The summed E-state index contributed by atoms with van der Waals surface area (Å²) in [5, 5.41) is 5.04. The van der Waals surface area contributed by atoms with Crippen LogP contribution in [-0.2, 0) is 26.8 Å². The summed E-state index contributed by atoms with van der Waals surface area (Å²) >= 11 is 0. The van der Waals surface area contributed by atoms with E-state index in [1.54, 1.807) is 0 Å². The predicted octanol–water partition coefficient (Wildman–Crippen LogP) is 3.71. The first-order valence-electron chi connectivity index (χ1n) is 8.95. The number of rotatable bonds is 3. The van der Waals surface area contributed by atoms with E-state index < -0.39 is 22.0 Å². The van der Waals surface area contributed by atoms with E-state index in [9.17, 15) is 13.2 Å². The van der Waals surface area contributed by atoms with Gasteiger partial charge in [0.15, 0.2) is 0 Å². The summed E-state index contributed by atoms with van der Waals surface area (Å²) in [5.74, 6) is 1.04. The van der Waals surface area contributed by atoms with E-state index in [2.05, 4.69) is 4.40 Å². The highest BCUT2D eigenvalue weighted by Gasteiger charge is 2.20. The summed E-state index contributed by atoms with van der Waals surface area (Å²) in [6, 6.07) is 0. The van der Waals surface area contributed by atoms with Crippen molar-refractivity contribution >= 4 is 34.5 Å². The van der Waals surface area contributed by atoms with Crippen LogP contribution in [0.3, 0.4) is 0 Å². The molecule has 0 amide bonds. The fraction of sp³-hybridized carbons (Fsp3) is 0.889. The lowest BCUT2D eigenvalue weighted by atomic mass is 9.87. The zero-order valence-corrected chi connectivity index (χ0v) is 18.3. The van der Waals surface area contributed by atoms with Gasteiger partial charge in [-0.05, 0) is 73.1 Å². The van der Waals surface area contributed by atoms with Crippen LogP contribution in [0.25, 0.3) is 0 Å². The minimum absolute atomic E-state index is 0.208. The molecular formula is C18H36N2O3S2. The van der Waals surface area contributed by atoms with Crippen LogP contribution in [-0.4, -0.2) is 30.4 Å². The number of nitrogens with two attached hydrogens (primary N) is 1. The minimum Gasteiger partial charge on any atom is -0.303 e. The Morgan fingerprint density at radius 2 is 1.28 bits per heavy atom. The number of hydrogen-bond donors (Lipinski definition) is 1. The highest BCUT2D eigenvalue weighted by atomic mass is 32.2. The molecule has 0 heterocycles. The lowest BCUT2D eigenvalue weighted by molar-refractivity contribution is -0.113. The molecule has 0 unspecified atom stereocenters. The quantitative estimate of drug-likeness (QED) is 0.586. The van der Waals surface area contributed by atoms with Crippen molar-refractivity contribution in [1.29, 1.82) is 0 Å². The van der Waals surface area contributed by atoms with E-state index in [0.717, 1.165) is 19.1 Å². The standard InChI is InChI=1S/C9H17NOS.C5H8O.C4H11NOS/c1-9(2,3)12(11)10-7-8-5-4-6-8;6-4-5-2-1-3-5;1-4(2,3)7(5)6/h7-8H,4-6H2,1-3H3;4-5H,1-3H2;5H2,1-3H3/t12-;;7-/m0.0/s1. The topological polar surface area (TPSA) is 89.6 Å². The van der Waals surface area contributed by atoms with Crippen LogP contribution < -0.4 is 5.14 Å². The van der Waals surface area contributed by atoms with Crippen LogP contribution in [0.2, 0.25) is 0 Å². The molecule has 0 bridgehead atoms. The third-order valence-electron chi connectivity index (χ3n) is 3.99. The number of aldehydes is 1. The second kappa shape index (κ2) is 11.3. The van der Waals surface area contributed by atoms with Crippen LogP contribution >= 0.6 is 0 Å². The van der Waals surface area contributed by atoms with E-state index in [4.69, 9.17) is 5.14 Å². The maximum atomic E-state index is 11.4. The Morgan fingerprint density at radius 3 is 1.44 bits per heavy atom. The van der Waals surface area contributed by atoms with Crippen molar-refractivity contribution in [3.8, 4) is 0 Å². The maximum Gasteiger partial charge on any atom is 0.144 e. The van der Waals surface area contributed by atoms with E-state index in [0.29, 0.717) is 11.8 Å². The molecule has 2 aliphatic rings. The zero-order valence-electron chi connectivity index (χ0n) is 16.6. The van der Waals surface area contributed by atoms with Gasteiger partial charge in [-0.15, -0.1) is 0 Å². The van der Waals surface area contributed by atoms with Gasteiger partial charge in [-0.2, -0.15) is 4.40 Å². The van der Waals surface area contributed by atoms with Gasteiger partial charge >= 0.3 is 0 Å². The first kappa shape index (κ1) is 24.6. The molecule has 2 atom stereocenters. The molecule has 0 aliphatic heterocycles. The van der Waals surface area contributed by atoms with E-state index >= 15 is 0 Å². The Kier molecular flexibility index (Phi) is 11.2. The third kappa shape index (κ3) is 11.8. The van der Waals surface area contributed by atoms with Crippen molar-refractivity contribution in [2.45, 2.75) is 89.6 Å². The Bertz CT molecular complexity index is 472. The van der Waals surface area contributed by atoms with Gasteiger partial charge in [0, 0.05) is 12.1 Å². The van der Waals surface area contributed by atoms with Gasteiger partial charge in [0.25, 0.3) is 0 Å². The highest BCUT2D eigenvalue weighted by Crippen LogP contribution is 2.25. The number of nitrogens with zero attached hydrogens (tertiary/aromatic N) is 1. The molecule has 0 saturated heterocycles. The average Bonchev–Trinajstić information content (AvgIpc) is 2.34. The van der Waals surface area contributed by atoms with Crippen molar-refractivity contribution in [1.82, 2.24) is 0 Å². The number of hydrogen-bond acceptors (Lipinski definition) is 3. The molecule has 5 nitrogen and oxygen atoms in total. The SMILES string of the molecule is CC(C)(C)[S@@](N)=O.CC(C)(C)[S@](=O)N=CC1CCC1.O=CC1CCC1. The predicted molar refractivity (Wildman–Crippen MR) is 109 cm³/mol. The molecule has 7 heteroatoms. The van der Waals surface area contributed by atoms with Gasteiger partial charge in [-0.1, -0.05) is 12.8 Å². The Morgan fingerprint density at radius 1 is 0.880 bits per heavy atom. The third-order valence-corrected chi connectivity index (χ3v) is 6.55. The van der Waals surface area contributed by atoms with Gasteiger partial charge in [0.1, 0.15) is 17.3 Å². The summed E-state index contributed by atoms with van der Waals surface area (Å²) in [5.41, 5.74) is 0. The fourth-order valence-electron chi connectivity index (χ4n) is 1.46. The first-order valence-corrected chi connectivity index (χ1v) is 11.3. The van der Waals surface area contributed by atoms with Gasteiger partial charge in [0.2, 0.25) is 0 Å². The van der Waals surface area contributed by atoms with Gasteiger partial charge in [-0.3, -0.25) is 5.14 Å². The van der Waals surface area contributed by atoms with Crippen molar-refractivity contribution < 1.29 is 13.2 Å². The van der Waals surface area contributed by atoms with Crippen molar-refractivity contribution in [3.63, 3.8) is 0 Å². The lowest BCUT2D eigenvalue weighted by Gasteiger charge is -2.21. The summed E-state index contributed by atoms with van der Waals surface area (Å²) in [4.78, 5) is 9.79. The molecule has 2 aliphatic carbocycles. The Balaban J connectivity index is 0.000000377. The highest BCUT2D eigenvalue weighted by molar-refractivity contribution is 7.85. The van der Waals surface area contributed by atoms with Crippen LogP contribution in [0, 0.1) is 11.8 Å². The van der Waals surface area contributed by atoms with Gasteiger partial charge in [0.05, 0.1) is 20.5 Å². The minimum atomic E-state index is -1.18. The van der Waals surface area contributed by atoms with Gasteiger partial charge in [-0.25, -0.2) is 8.42 Å². The molecule has 148 valence electrons. The molecule has 25 heavy (non-hydrogen) atoms. The smallest absolute Gasteiger partial charge is 0.144 e. The fourth-order valence-corrected chi connectivity index (χ4v) is 2.06. The molecule has 0 aromatic heterocycles.